The van der Waals surface area contributed by atoms with Crippen molar-refractivity contribution in [1.29, 1.82) is 0 Å². The molecule has 0 amide bonds. The molecule has 1 N–H and O–H groups in total. The van der Waals surface area contributed by atoms with Gasteiger partial charge in [-0.15, -0.1) is 0 Å². The van der Waals surface area contributed by atoms with E-state index in [1.165, 1.54) is 12.8 Å². The van der Waals surface area contributed by atoms with Crippen molar-refractivity contribution in [3.8, 4) is 0 Å². The molecular weight excluding hydrogens is 260 g/mol. The first-order chi connectivity index (χ1) is 9.19. The van der Waals surface area contributed by atoms with E-state index in [2.05, 4.69) is 5.32 Å². The molecule has 2 unspecified atom stereocenters. The molecule has 2 atom stereocenters. The van der Waals surface area contributed by atoms with Crippen molar-refractivity contribution < 1.29 is 8.42 Å². The molecule has 1 saturated carbocycles. The highest BCUT2D eigenvalue weighted by atomic mass is 32.2. The maximum atomic E-state index is 12.9. The molecule has 3 fully saturated rings. The van der Waals surface area contributed by atoms with Crippen LogP contribution in [0.25, 0.3) is 0 Å². The first-order valence-corrected chi connectivity index (χ1v) is 9.44. The van der Waals surface area contributed by atoms with Crippen molar-refractivity contribution >= 4 is 10.0 Å². The standard InChI is InChI=1S/C14H26N2O2S/c17-19(18,12-6-1-2-7-12)16-11-4-3-9-14(16)13-8-5-10-15-13/h12-15H,1-11H2. The lowest BCUT2D eigenvalue weighted by molar-refractivity contribution is 0.209. The van der Waals surface area contributed by atoms with Crippen LogP contribution in [0, 0.1) is 0 Å². The first-order valence-electron chi connectivity index (χ1n) is 7.93. The summed E-state index contributed by atoms with van der Waals surface area (Å²) in [5.74, 6) is 0. The van der Waals surface area contributed by atoms with Gasteiger partial charge in [-0.25, -0.2) is 8.42 Å². The normalized spacial score (nSPS) is 34.9. The number of rotatable bonds is 3. The molecule has 0 aromatic rings. The van der Waals surface area contributed by atoms with Gasteiger partial charge in [0.15, 0.2) is 0 Å². The summed E-state index contributed by atoms with van der Waals surface area (Å²) in [5.41, 5.74) is 0. The van der Waals surface area contributed by atoms with Crippen LogP contribution in [-0.2, 0) is 10.0 Å². The van der Waals surface area contributed by atoms with Crippen molar-refractivity contribution in [1.82, 2.24) is 9.62 Å². The fourth-order valence-electron chi connectivity index (χ4n) is 4.07. The number of nitrogens with one attached hydrogen (secondary N) is 1. The zero-order chi connectivity index (χ0) is 13.3. The van der Waals surface area contributed by atoms with Gasteiger partial charge in [-0.1, -0.05) is 19.3 Å². The van der Waals surface area contributed by atoms with Gasteiger partial charge in [0.05, 0.1) is 5.25 Å². The van der Waals surface area contributed by atoms with Crippen LogP contribution in [-0.4, -0.2) is 43.1 Å². The molecule has 0 aromatic carbocycles. The van der Waals surface area contributed by atoms with Crippen molar-refractivity contribution in [2.24, 2.45) is 0 Å². The van der Waals surface area contributed by atoms with E-state index < -0.39 is 10.0 Å². The number of nitrogens with zero attached hydrogens (tertiary/aromatic N) is 1. The summed E-state index contributed by atoms with van der Waals surface area (Å²) in [6.07, 6.45) is 9.53. The van der Waals surface area contributed by atoms with Gasteiger partial charge < -0.3 is 5.32 Å². The maximum Gasteiger partial charge on any atom is 0.217 e. The Morgan fingerprint density at radius 2 is 1.63 bits per heavy atom. The van der Waals surface area contributed by atoms with Gasteiger partial charge in [0, 0.05) is 18.6 Å². The third-order valence-electron chi connectivity index (χ3n) is 5.11. The predicted octanol–water partition coefficient (Wildman–Crippen LogP) is 1.87. The Kier molecular flexibility index (Phi) is 4.15. The quantitative estimate of drug-likeness (QED) is 0.861. The summed E-state index contributed by atoms with van der Waals surface area (Å²) in [5, 5.41) is 3.42. The molecule has 0 aromatic heterocycles. The van der Waals surface area contributed by atoms with Crippen molar-refractivity contribution in [2.45, 2.75) is 75.1 Å². The summed E-state index contributed by atoms with van der Waals surface area (Å²) in [6, 6.07) is 0.623. The SMILES string of the molecule is O=S(=O)(C1CCCC1)N1CCCCC1C1CCCN1. The van der Waals surface area contributed by atoms with E-state index in [1.54, 1.807) is 0 Å². The Labute approximate surface area is 117 Å². The zero-order valence-electron chi connectivity index (χ0n) is 11.7. The Morgan fingerprint density at radius 1 is 0.895 bits per heavy atom. The van der Waals surface area contributed by atoms with E-state index in [4.69, 9.17) is 0 Å². The van der Waals surface area contributed by atoms with Crippen LogP contribution in [0.2, 0.25) is 0 Å². The highest BCUT2D eigenvalue weighted by molar-refractivity contribution is 7.89. The second-order valence-electron chi connectivity index (χ2n) is 6.33. The lowest BCUT2D eigenvalue weighted by Gasteiger charge is -2.39. The lowest BCUT2D eigenvalue weighted by Crippen LogP contribution is -2.54. The molecule has 2 heterocycles. The number of piperidine rings is 1. The Morgan fingerprint density at radius 3 is 2.32 bits per heavy atom. The van der Waals surface area contributed by atoms with Gasteiger partial charge in [-0.2, -0.15) is 4.31 Å². The molecule has 2 aliphatic heterocycles. The second-order valence-corrected chi connectivity index (χ2v) is 8.49. The molecule has 3 rings (SSSR count). The monoisotopic (exact) mass is 286 g/mol. The molecule has 3 aliphatic rings. The molecular formula is C14H26N2O2S. The lowest BCUT2D eigenvalue weighted by atomic mass is 9.97. The van der Waals surface area contributed by atoms with Gasteiger partial charge in [0.1, 0.15) is 0 Å². The Balaban J connectivity index is 1.78. The summed E-state index contributed by atoms with van der Waals surface area (Å²) < 4.78 is 27.6. The summed E-state index contributed by atoms with van der Waals surface area (Å²) in [4.78, 5) is 0. The van der Waals surface area contributed by atoms with Crippen LogP contribution in [0.4, 0.5) is 0 Å². The number of sulfonamides is 1. The summed E-state index contributed by atoms with van der Waals surface area (Å²) >= 11 is 0. The fraction of sp³-hybridized carbons (Fsp3) is 1.00. The topological polar surface area (TPSA) is 49.4 Å². The minimum Gasteiger partial charge on any atom is -0.312 e. The highest BCUT2D eigenvalue weighted by Crippen LogP contribution is 2.33. The van der Waals surface area contributed by atoms with E-state index in [-0.39, 0.29) is 11.3 Å². The van der Waals surface area contributed by atoms with Gasteiger partial charge >= 0.3 is 0 Å². The smallest absolute Gasteiger partial charge is 0.217 e. The van der Waals surface area contributed by atoms with E-state index in [9.17, 15) is 8.42 Å². The van der Waals surface area contributed by atoms with Gasteiger partial charge in [0.25, 0.3) is 0 Å². The van der Waals surface area contributed by atoms with Crippen LogP contribution >= 0.6 is 0 Å². The maximum absolute atomic E-state index is 12.9. The van der Waals surface area contributed by atoms with E-state index in [1.807, 2.05) is 4.31 Å². The molecule has 4 nitrogen and oxygen atoms in total. The molecule has 1 aliphatic carbocycles. The van der Waals surface area contributed by atoms with E-state index >= 15 is 0 Å². The Hall–Kier alpha value is -0.130. The largest absolute Gasteiger partial charge is 0.312 e. The van der Waals surface area contributed by atoms with E-state index in [0.29, 0.717) is 6.04 Å². The first kappa shape index (κ1) is 13.8. The average molecular weight is 286 g/mol. The van der Waals surface area contributed by atoms with Crippen LogP contribution in [0.3, 0.4) is 0 Å². The van der Waals surface area contributed by atoms with Gasteiger partial charge in [-0.3, -0.25) is 0 Å². The van der Waals surface area contributed by atoms with Crippen molar-refractivity contribution in [2.75, 3.05) is 13.1 Å². The average Bonchev–Trinajstić information content (AvgIpc) is 3.12. The van der Waals surface area contributed by atoms with E-state index in [0.717, 1.165) is 58.0 Å². The summed E-state index contributed by atoms with van der Waals surface area (Å²) in [7, 11) is -3.06. The fourth-order valence-corrected chi connectivity index (χ4v) is 6.39. The third-order valence-corrected chi connectivity index (χ3v) is 7.53. The second kappa shape index (κ2) is 5.70. The molecule has 19 heavy (non-hydrogen) atoms. The minimum absolute atomic E-state index is 0.0884. The number of hydrogen-bond donors (Lipinski definition) is 1. The zero-order valence-corrected chi connectivity index (χ0v) is 12.5. The molecule has 5 heteroatoms. The molecule has 110 valence electrons. The summed E-state index contributed by atoms with van der Waals surface area (Å²) in [6.45, 7) is 1.81. The van der Waals surface area contributed by atoms with Gasteiger partial charge in [-0.05, 0) is 45.1 Å². The number of hydrogen-bond acceptors (Lipinski definition) is 3. The van der Waals surface area contributed by atoms with Crippen LogP contribution in [0.1, 0.15) is 57.8 Å². The van der Waals surface area contributed by atoms with Crippen LogP contribution in [0.15, 0.2) is 0 Å². The minimum atomic E-state index is -3.06. The van der Waals surface area contributed by atoms with Crippen LogP contribution in [0.5, 0.6) is 0 Å². The van der Waals surface area contributed by atoms with Crippen molar-refractivity contribution in [3.63, 3.8) is 0 Å². The van der Waals surface area contributed by atoms with Crippen molar-refractivity contribution in [3.05, 3.63) is 0 Å². The van der Waals surface area contributed by atoms with Crippen LogP contribution < -0.4 is 5.32 Å². The Bertz CT molecular complexity index is 398. The molecule has 0 bridgehead atoms. The molecule has 0 spiro atoms. The van der Waals surface area contributed by atoms with Gasteiger partial charge in [0.2, 0.25) is 10.0 Å². The third kappa shape index (κ3) is 2.69. The highest BCUT2D eigenvalue weighted by Gasteiger charge is 2.42. The predicted molar refractivity (Wildman–Crippen MR) is 76.5 cm³/mol. The molecule has 0 radical (unpaired) electrons. The molecule has 2 saturated heterocycles.